The van der Waals surface area contributed by atoms with Gasteiger partial charge in [-0.2, -0.15) is 0 Å². The van der Waals surface area contributed by atoms with Gasteiger partial charge in [0.2, 0.25) is 0 Å². The Balaban J connectivity index is 2.22. The summed E-state index contributed by atoms with van der Waals surface area (Å²) in [5.74, 6) is -0.189. The van der Waals surface area contributed by atoms with E-state index in [2.05, 4.69) is 19.1 Å². The number of esters is 1. The molecule has 1 fully saturated rings. The molecule has 1 heterocycles. The van der Waals surface area contributed by atoms with Crippen molar-refractivity contribution in [2.24, 2.45) is 0 Å². The zero-order chi connectivity index (χ0) is 13.9. The van der Waals surface area contributed by atoms with Crippen LogP contribution in [-0.4, -0.2) is 12.6 Å². The van der Waals surface area contributed by atoms with Crippen molar-refractivity contribution in [3.8, 4) is 0 Å². The molecule has 2 aromatic carbocycles. The Labute approximate surface area is 118 Å². The molecule has 0 atom stereocenters. The van der Waals surface area contributed by atoms with Gasteiger partial charge in [-0.25, -0.2) is 4.79 Å². The second-order valence-corrected chi connectivity index (χ2v) is 4.97. The predicted octanol–water partition coefficient (Wildman–Crippen LogP) is 3.74. The van der Waals surface area contributed by atoms with E-state index in [4.69, 9.17) is 4.74 Å². The lowest BCUT2D eigenvalue weighted by Crippen LogP contribution is -2.01. The first kappa shape index (κ1) is 12.7. The van der Waals surface area contributed by atoms with Gasteiger partial charge in [0.05, 0.1) is 6.61 Å². The Morgan fingerprint density at radius 3 is 2.40 bits per heavy atom. The van der Waals surface area contributed by atoms with Crippen molar-refractivity contribution in [1.82, 2.24) is 0 Å². The zero-order valence-electron chi connectivity index (χ0n) is 11.4. The number of cyclic esters (lactones) is 1. The molecule has 1 aliphatic heterocycles. The Hall–Kier alpha value is -2.35. The van der Waals surface area contributed by atoms with E-state index in [1.54, 1.807) is 0 Å². The number of hydrogen-bond acceptors (Lipinski definition) is 2. The first-order chi connectivity index (χ1) is 9.75. The Morgan fingerprint density at radius 2 is 1.75 bits per heavy atom. The highest BCUT2D eigenvalue weighted by Crippen LogP contribution is 2.31. The molecular weight excluding hydrogens is 248 g/mol. The third-order valence-electron chi connectivity index (χ3n) is 3.50. The molecule has 1 aliphatic rings. The lowest BCUT2D eigenvalue weighted by molar-refractivity contribution is -0.135. The van der Waals surface area contributed by atoms with E-state index in [0.29, 0.717) is 13.0 Å². The van der Waals surface area contributed by atoms with Crippen molar-refractivity contribution in [2.75, 3.05) is 6.61 Å². The third-order valence-corrected chi connectivity index (χ3v) is 3.50. The van der Waals surface area contributed by atoms with Crippen molar-refractivity contribution in [2.45, 2.75) is 13.3 Å². The molecule has 2 heteroatoms. The van der Waals surface area contributed by atoms with Crippen molar-refractivity contribution in [3.63, 3.8) is 0 Å². The van der Waals surface area contributed by atoms with Crippen molar-refractivity contribution in [3.05, 3.63) is 76.9 Å². The fraction of sp³-hybridized carbons (Fsp3) is 0.167. The lowest BCUT2D eigenvalue weighted by Gasteiger charge is -2.11. The molecule has 0 bridgehead atoms. The summed E-state index contributed by atoms with van der Waals surface area (Å²) in [5.41, 5.74) is 5.10. The smallest absolute Gasteiger partial charge is 0.334 e. The quantitative estimate of drug-likeness (QED) is 0.610. The molecule has 0 N–H and O–H groups in total. The van der Waals surface area contributed by atoms with Crippen LogP contribution in [0.4, 0.5) is 0 Å². The topological polar surface area (TPSA) is 26.3 Å². The minimum atomic E-state index is -0.189. The standard InChI is InChI=1S/C18H16O2/c1-13-6-5-9-15(12-13)17(14-7-3-2-4-8-14)16-10-11-20-18(16)19/h2-9,12H,10-11H2,1H3/b17-16-. The number of benzene rings is 2. The summed E-state index contributed by atoms with van der Waals surface area (Å²) in [4.78, 5) is 12.0. The van der Waals surface area contributed by atoms with E-state index in [0.717, 1.165) is 22.3 Å². The SMILES string of the molecule is Cc1cccc(/C(=C2/CCOC2=O)c2ccccc2)c1. The molecule has 0 unspecified atom stereocenters. The fourth-order valence-electron chi connectivity index (χ4n) is 2.58. The molecule has 0 amide bonds. The largest absolute Gasteiger partial charge is 0.462 e. The molecule has 2 nitrogen and oxygen atoms in total. The Kier molecular flexibility index (Phi) is 3.38. The van der Waals surface area contributed by atoms with E-state index in [-0.39, 0.29) is 5.97 Å². The van der Waals surface area contributed by atoms with Gasteiger partial charge in [0, 0.05) is 12.0 Å². The number of carbonyl (C=O) groups excluding carboxylic acids is 1. The van der Waals surface area contributed by atoms with Crippen LogP contribution < -0.4 is 0 Å². The Bertz CT molecular complexity index is 669. The monoisotopic (exact) mass is 264 g/mol. The number of aryl methyl sites for hydroxylation is 1. The van der Waals surface area contributed by atoms with Crippen LogP contribution in [-0.2, 0) is 9.53 Å². The average molecular weight is 264 g/mol. The van der Waals surface area contributed by atoms with Gasteiger partial charge >= 0.3 is 5.97 Å². The first-order valence-corrected chi connectivity index (χ1v) is 6.78. The van der Waals surface area contributed by atoms with Gasteiger partial charge in [0.25, 0.3) is 0 Å². The number of ether oxygens (including phenoxy) is 1. The first-order valence-electron chi connectivity index (χ1n) is 6.78. The van der Waals surface area contributed by atoms with Crippen molar-refractivity contribution >= 4 is 11.5 Å². The molecule has 20 heavy (non-hydrogen) atoms. The highest BCUT2D eigenvalue weighted by Gasteiger charge is 2.24. The van der Waals surface area contributed by atoms with Crippen LogP contribution in [0.2, 0.25) is 0 Å². The average Bonchev–Trinajstić information content (AvgIpc) is 2.87. The summed E-state index contributed by atoms with van der Waals surface area (Å²) in [6.07, 6.45) is 0.678. The molecule has 100 valence electrons. The molecule has 0 spiro atoms. The minimum absolute atomic E-state index is 0.189. The summed E-state index contributed by atoms with van der Waals surface area (Å²) < 4.78 is 5.12. The molecule has 2 aromatic rings. The van der Waals surface area contributed by atoms with Crippen molar-refractivity contribution < 1.29 is 9.53 Å². The van der Waals surface area contributed by atoms with Gasteiger partial charge in [-0.05, 0) is 23.6 Å². The zero-order valence-corrected chi connectivity index (χ0v) is 11.4. The van der Waals surface area contributed by atoms with E-state index >= 15 is 0 Å². The third kappa shape index (κ3) is 2.37. The van der Waals surface area contributed by atoms with Crippen molar-refractivity contribution in [1.29, 1.82) is 0 Å². The maximum atomic E-state index is 12.0. The Morgan fingerprint density at radius 1 is 1.00 bits per heavy atom. The van der Waals surface area contributed by atoms with Gasteiger partial charge in [-0.15, -0.1) is 0 Å². The summed E-state index contributed by atoms with van der Waals surface area (Å²) >= 11 is 0. The molecule has 0 radical (unpaired) electrons. The van der Waals surface area contributed by atoms with E-state index in [1.807, 2.05) is 42.5 Å². The van der Waals surface area contributed by atoms with Crippen LogP contribution in [0, 0.1) is 6.92 Å². The van der Waals surface area contributed by atoms with E-state index in [1.165, 1.54) is 5.56 Å². The molecular formula is C18H16O2. The second kappa shape index (κ2) is 5.33. The summed E-state index contributed by atoms with van der Waals surface area (Å²) in [6, 6.07) is 18.3. The highest BCUT2D eigenvalue weighted by molar-refractivity contribution is 6.03. The van der Waals surface area contributed by atoms with Crippen LogP contribution >= 0.6 is 0 Å². The van der Waals surface area contributed by atoms with E-state index in [9.17, 15) is 4.79 Å². The van der Waals surface area contributed by atoms with Gasteiger partial charge in [-0.3, -0.25) is 0 Å². The minimum Gasteiger partial charge on any atom is -0.462 e. The second-order valence-electron chi connectivity index (χ2n) is 4.97. The van der Waals surface area contributed by atoms with Crippen LogP contribution in [0.1, 0.15) is 23.1 Å². The molecule has 1 saturated heterocycles. The fourth-order valence-corrected chi connectivity index (χ4v) is 2.58. The molecule has 3 rings (SSSR count). The number of carbonyl (C=O) groups is 1. The lowest BCUT2D eigenvalue weighted by atomic mass is 9.91. The highest BCUT2D eigenvalue weighted by atomic mass is 16.5. The normalized spacial score (nSPS) is 16.9. The predicted molar refractivity (Wildman–Crippen MR) is 79.2 cm³/mol. The number of rotatable bonds is 2. The maximum Gasteiger partial charge on any atom is 0.334 e. The van der Waals surface area contributed by atoms with Gasteiger partial charge in [0.15, 0.2) is 0 Å². The van der Waals surface area contributed by atoms with Gasteiger partial charge in [0.1, 0.15) is 0 Å². The molecule has 0 aromatic heterocycles. The molecule has 0 saturated carbocycles. The summed E-state index contributed by atoms with van der Waals surface area (Å²) in [7, 11) is 0. The van der Waals surface area contributed by atoms with Crippen LogP contribution in [0.25, 0.3) is 5.57 Å². The van der Waals surface area contributed by atoms with Gasteiger partial charge in [-0.1, -0.05) is 60.2 Å². The maximum absolute atomic E-state index is 12.0. The van der Waals surface area contributed by atoms with Crippen LogP contribution in [0.5, 0.6) is 0 Å². The van der Waals surface area contributed by atoms with E-state index < -0.39 is 0 Å². The van der Waals surface area contributed by atoms with Crippen LogP contribution in [0.3, 0.4) is 0 Å². The summed E-state index contributed by atoms with van der Waals surface area (Å²) in [5, 5.41) is 0. The summed E-state index contributed by atoms with van der Waals surface area (Å²) in [6.45, 7) is 2.54. The molecule has 0 aliphatic carbocycles. The van der Waals surface area contributed by atoms with Crippen LogP contribution in [0.15, 0.2) is 60.2 Å². The number of hydrogen-bond donors (Lipinski definition) is 0. The van der Waals surface area contributed by atoms with Gasteiger partial charge < -0.3 is 4.74 Å².